The van der Waals surface area contributed by atoms with Crippen molar-refractivity contribution < 1.29 is 18.7 Å². The Kier molecular flexibility index (Phi) is 4.36. The highest BCUT2D eigenvalue weighted by molar-refractivity contribution is 4.95. The lowest BCUT2D eigenvalue weighted by molar-refractivity contribution is -0.184. The molecule has 1 aliphatic carbocycles. The Balaban J connectivity index is 1.37. The minimum Gasteiger partial charge on any atom is -0.378 e. The standard InChI is InChI=1S/C16H25N3O4/c1-12-17-15(23-18-12)14-11-20-7-6-19(14)10-13-2-4-16(5-3-13)21-8-9-22-16/h13-14H,2-11H2,1H3/t14-/m0/s1. The summed E-state index contributed by atoms with van der Waals surface area (Å²) in [4.78, 5) is 6.84. The number of ether oxygens (including phenoxy) is 3. The van der Waals surface area contributed by atoms with Crippen LogP contribution in [-0.2, 0) is 14.2 Å². The largest absolute Gasteiger partial charge is 0.378 e. The van der Waals surface area contributed by atoms with Gasteiger partial charge in [0.15, 0.2) is 11.6 Å². The van der Waals surface area contributed by atoms with Crippen LogP contribution >= 0.6 is 0 Å². The van der Waals surface area contributed by atoms with Gasteiger partial charge in [-0.3, -0.25) is 4.90 Å². The zero-order chi connectivity index (χ0) is 15.7. The third-order valence-electron chi connectivity index (χ3n) is 5.24. The van der Waals surface area contributed by atoms with Crippen LogP contribution in [0.2, 0.25) is 0 Å². The number of morpholine rings is 1. The maximum Gasteiger partial charge on any atom is 0.246 e. The lowest BCUT2D eigenvalue weighted by Gasteiger charge is -2.40. The average molecular weight is 323 g/mol. The fraction of sp³-hybridized carbons (Fsp3) is 0.875. The van der Waals surface area contributed by atoms with E-state index in [1.54, 1.807) is 0 Å². The SMILES string of the molecule is Cc1noc([C@@H]2COCCN2CC2CCC3(CC2)OCCO3)n1. The normalized spacial score (nSPS) is 29.3. The maximum atomic E-state index is 5.82. The van der Waals surface area contributed by atoms with Gasteiger partial charge in [-0.15, -0.1) is 0 Å². The van der Waals surface area contributed by atoms with Gasteiger partial charge in [0, 0.05) is 25.9 Å². The molecule has 4 rings (SSSR count). The molecule has 1 aromatic rings. The van der Waals surface area contributed by atoms with Crippen molar-refractivity contribution in [3.63, 3.8) is 0 Å². The Morgan fingerprint density at radius 2 is 1.96 bits per heavy atom. The highest BCUT2D eigenvalue weighted by Crippen LogP contribution is 2.39. The smallest absolute Gasteiger partial charge is 0.246 e. The van der Waals surface area contributed by atoms with Crippen LogP contribution in [0.5, 0.6) is 0 Å². The Bertz CT molecular complexity index is 519. The van der Waals surface area contributed by atoms with Gasteiger partial charge in [0.1, 0.15) is 6.04 Å². The lowest BCUT2D eigenvalue weighted by Crippen LogP contribution is -2.44. The summed E-state index contributed by atoms with van der Waals surface area (Å²) in [6, 6.07) is 0.0832. The molecule has 3 fully saturated rings. The molecule has 23 heavy (non-hydrogen) atoms. The summed E-state index contributed by atoms with van der Waals surface area (Å²) in [5.74, 6) is 1.75. The number of rotatable bonds is 3. The van der Waals surface area contributed by atoms with Crippen molar-refractivity contribution in [2.24, 2.45) is 5.92 Å². The second-order valence-corrected chi connectivity index (χ2v) is 6.82. The van der Waals surface area contributed by atoms with Crippen LogP contribution in [-0.4, -0.2) is 60.3 Å². The molecule has 3 aliphatic rings. The molecule has 1 spiro atoms. The predicted molar refractivity (Wildman–Crippen MR) is 80.8 cm³/mol. The average Bonchev–Trinajstić information content (AvgIpc) is 3.20. The number of hydrogen-bond acceptors (Lipinski definition) is 7. The zero-order valence-corrected chi connectivity index (χ0v) is 13.7. The van der Waals surface area contributed by atoms with E-state index in [1.165, 1.54) is 0 Å². The van der Waals surface area contributed by atoms with Gasteiger partial charge in [0.2, 0.25) is 5.89 Å². The van der Waals surface area contributed by atoms with Gasteiger partial charge in [-0.2, -0.15) is 4.98 Å². The van der Waals surface area contributed by atoms with E-state index in [0.717, 1.165) is 58.6 Å². The third kappa shape index (κ3) is 3.28. The number of nitrogens with zero attached hydrogens (tertiary/aromatic N) is 3. The molecule has 0 unspecified atom stereocenters. The first-order valence-corrected chi connectivity index (χ1v) is 8.64. The van der Waals surface area contributed by atoms with Crippen LogP contribution in [0.25, 0.3) is 0 Å². The second kappa shape index (κ2) is 6.47. The molecule has 2 saturated heterocycles. The van der Waals surface area contributed by atoms with E-state index in [2.05, 4.69) is 15.0 Å². The van der Waals surface area contributed by atoms with Gasteiger partial charge >= 0.3 is 0 Å². The Labute approximate surface area is 136 Å². The Hall–Kier alpha value is -1.02. The van der Waals surface area contributed by atoms with E-state index < -0.39 is 0 Å². The van der Waals surface area contributed by atoms with Gasteiger partial charge in [-0.05, 0) is 25.7 Å². The molecular formula is C16H25N3O4. The molecule has 0 radical (unpaired) electrons. The van der Waals surface area contributed by atoms with Gasteiger partial charge < -0.3 is 18.7 Å². The molecule has 0 N–H and O–H groups in total. The van der Waals surface area contributed by atoms with Crippen molar-refractivity contribution >= 4 is 0 Å². The first-order valence-electron chi connectivity index (χ1n) is 8.64. The van der Waals surface area contributed by atoms with E-state index in [-0.39, 0.29) is 11.8 Å². The highest BCUT2D eigenvalue weighted by Gasteiger charge is 2.41. The fourth-order valence-corrected chi connectivity index (χ4v) is 3.95. The Morgan fingerprint density at radius 1 is 1.17 bits per heavy atom. The van der Waals surface area contributed by atoms with Gasteiger partial charge in [0.05, 0.1) is 26.4 Å². The van der Waals surface area contributed by atoms with Crippen molar-refractivity contribution in [3.05, 3.63) is 11.7 Å². The zero-order valence-electron chi connectivity index (χ0n) is 13.7. The van der Waals surface area contributed by atoms with Crippen molar-refractivity contribution in [3.8, 4) is 0 Å². The Morgan fingerprint density at radius 3 is 2.65 bits per heavy atom. The lowest BCUT2D eigenvalue weighted by atomic mass is 9.84. The third-order valence-corrected chi connectivity index (χ3v) is 5.24. The molecule has 7 nitrogen and oxygen atoms in total. The molecular weight excluding hydrogens is 298 g/mol. The second-order valence-electron chi connectivity index (χ2n) is 6.82. The summed E-state index contributed by atoms with van der Waals surface area (Å²) in [5.41, 5.74) is 0. The van der Waals surface area contributed by atoms with Crippen molar-refractivity contribution in [2.45, 2.75) is 44.4 Å². The number of aromatic nitrogens is 2. The topological polar surface area (TPSA) is 69.9 Å². The molecule has 0 bridgehead atoms. The van der Waals surface area contributed by atoms with E-state index in [4.69, 9.17) is 18.7 Å². The van der Waals surface area contributed by atoms with Crippen LogP contribution in [0.15, 0.2) is 4.52 Å². The molecule has 1 atom stereocenters. The first kappa shape index (κ1) is 15.5. The van der Waals surface area contributed by atoms with Crippen LogP contribution in [0.3, 0.4) is 0 Å². The minimum absolute atomic E-state index is 0.0832. The molecule has 2 aliphatic heterocycles. The first-order chi connectivity index (χ1) is 11.2. The van der Waals surface area contributed by atoms with E-state index in [9.17, 15) is 0 Å². The fourth-order valence-electron chi connectivity index (χ4n) is 3.95. The molecule has 1 saturated carbocycles. The number of aryl methyl sites for hydroxylation is 1. The molecule has 128 valence electrons. The van der Waals surface area contributed by atoms with Crippen molar-refractivity contribution in [2.75, 3.05) is 39.5 Å². The van der Waals surface area contributed by atoms with Gasteiger partial charge in [-0.1, -0.05) is 5.16 Å². The summed E-state index contributed by atoms with van der Waals surface area (Å²) in [6.07, 6.45) is 4.30. The van der Waals surface area contributed by atoms with Crippen molar-refractivity contribution in [1.82, 2.24) is 15.0 Å². The van der Waals surface area contributed by atoms with E-state index in [0.29, 0.717) is 24.2 Å². The highest BCUT2D eigenvalue weighted by atomic mass is 16.7. The van der Waals surface area contributed by atoms with Crippen molar-refractivity contribution in [1.29, 1.82) is 0 Å². The summed E-state index contributed by atoms with van der Waals surface area (Å²) in [5, 5.41) is 3.92. The molecule has 1 aromatic heterocycles. The van der Waals surface area contributed by atoms with Crippen LogP contribution in [0, 0.1) is 12.8 Å². The minimum atomic E-state index is -0.273. The molecule has 0 aromatic carbocycles. The molecule has 0 amide bonds. The van der Waals surface area contributed by atoms with Gasteiger partial charge in [0.25, 0.3) is 0 Å². The van der Waals surface area contributed by atoms with Crippen LogP contribution < -0.4 is 0 Å². The summed E-state index contributed by atoms with van der Waals surface area (Å²) in [7, 11) is 0. The molecule has 7 heteroatoms. The summed E-state index contributed by atoms with van der Waals surface area (Å²) in [6.45, 7) is 6.70. The summed E-state index contributed by atoms with van der Waals surface area (Å²) >= 11 is 0. The predicted octanol–water partition coefficient (Wildman–Crippen LogP) is 1.68. The van der Waals surface area contributed by atoms with Crippen LogP contribution in [0.4, 0.5) is 0 Å². The van der Waals surface area contributed by atoms with E-state index >= 15 is 0 Å². The van der Waals surface area contributed by atoms with Gasteiger partial charge in [-0.25, -0.2) is 0 Å². The summed E-state index contributed by atoms with van der Waals surface area (Å²) < 4.78 is 22.7. The maximum absolute atomic E-state index is 5.82. The molecule has 3 heterocycles. The quantitative estimate of drug-likeness (QED) is 0.838. The number of hydrogen-bond donors (Lipinski definition) is 0. The monoisotopic (exact) mass is 323 g/mol. The van der Waals surface area contributed by atoms with E-state index in [1.807, 2.05) is 6.92 Å². The van der Waals surface area contributed by atoms with Crippen LogP contribution in [0.1, 0.15) is 43.4 Å².